The lowest BCUT2D eigenvalue weighted by molar-refractivity contribution is 0.819. The first-order valence-electron chi connectivity index (χ1n) is 18.5. The third kappa shape index (κ3) is 5.24. The molecule has 1 atom stereocenters. The molecular weight excluding hydrogens is 643 g/mol. The fourth-order valence-electron chi connectivity index (χ4n) is 8.30. The van der Waals surface area contributed by atoms with Crippen LogP contribution in [0.2, 0.25) is 0 Å². The van der Waals surface area contributed by atoms with Crippen molar-refractivity contribution in [1.82, 2.24) is 9.13 Å². The Morgan fingerprint density at radius 1 is 0.453 bits per heavy atom. The van der Waals surface area contributed by atoms with E-state index < -0.39 is 0 Å². The number of fused-ring (bicyclic) bond motifs is 6. The van der Waals surface area contributed by atoms with Crippen molar-refractivity contribution in [2.24, 2.45) is 10.9 Å². The molecule has 0 saturated heterocycles. The van der Waals surface area contributed by atoms with Crippen LogP contribution in [-0.4, -0.2) is 14.8 Å². The van der Waals surface area contributed by atoms with Gasteiger partial charge in [0.25, 0.3) is 0 Å². The molecule has 0 radical (unpaired) electrons. The van der Waals surface area contributed by atoms with Gasteiger partial charge in [-0.3, -0.25) is 4.99 Å². The summed E-state index contributed by atoms with van der Waals surface area (Å²) in [5.74, 6) is 0.152. The van der Waals surface area contributed by atoms with Crippen molar-refractivity contribution in [1.29, 1.82) is 0 Å². The average molecular weight is 680 g/mol. The minimum atomic E-state index is 0.152. The molecule has 53 heavy (non-hydrogen) atoms. The lowest BCUT2D eigenvalue weighted by atomic mass is 9.91. The first-order valence-corrected chi connectivity index (χ1v) is 18.5. The van der Waals surface area contributed by atoms with E-state index in [9.17, 15) is 0 Å². The molecule has 0 amide bonds. The maximum absolute atomic E-state index is 5.65. The number of aromatic nitrogens is 2. The SMILES string of the molecule is CCC1C=C(c2ccccc2)C=C(c2cc(-n3c4ccccc4c4ccccc43)cc(-n3c4ccccc4c4ccccc43)c2)N=C1c1ccccc1. The molecule has 0 bridgehead atoms. The topological polar surface area (TPSA) is 22.2 Å². The Hall–Kier alpha value is -6.71. The third-order valence-corrected chi connectivity index (χ3v) is 10.8. The van der Waals surface area contributed by atoms with Crippen LogP contribution < -0.4 is 0 Å². The molecule has 9 aromatic rings. The molecular formula is C50H37N3. The van der Waals surface area contributed by atoms with Gasteiger partial charge in [0.15, 0.2) is 0 Å². The van der Waals surface area contributed by atoms with Crippen LogP contribution in [0.4, 0.5) is 0 Å². The highest BCUT2D eigenvalue weighted by Crippen LogP contribution is 2.39. The predicted octanol–water partition coefficient (Wildman–Crippen LogP) is 12.8. The molecule has 3 heteroatoms. The lowest BCUT2D eigenvalue weighted by Crippen LogP contribution is -2.13. The van der Waals surface area contributed by atoms with Crippen LogP contribution in [0.5, 0.6) is 0 Å². The lowest BCUT2D eigenvalue weighted by Gasteiger charge is -2.17. The van der Waals surface area contributed by atoms with Crippen molar-refractivity contribution < 1.29 is 0 Å². The highest BCUT2D eigenvalue weighted by Gasteiger charge is 2.22. The summed E-state index contributed by atoms with van der Waals surface area (Å²) in [6.07, 6.45) is 5.66. The molecule has 0 aliphatic carbocycles. The van der Waals surface area contributed by atoms with Gasteiger partial charge in [-0.2, -0.15) is 0 Å². The Morgan fingerprint density at radius 3 is 1.32 bits per heavy atom. The van der Waals surface area contributed by atoms with E-state index >= 15 is 0 Å². The molecule has 0 spiro atoms. The van der Waals surface area contributed by atoms with Gasteiger partial charge in [-0.1, -0.05) is 146 Å². The van der Waals surface area contributed by atoms with Crippen molar-refractivity contribution in [2.45, 2.75) is 13.3 Å². The Balaban J connectivity index is 1.31. The molecule has 252 valence electrons. The van der Waals surface area contributed by atoms with Gasteiger partial charge in [-0.25, -0.2) is 0 Å². The predicted molar refractivity (Wildman–Crippen MR) is 224 cm³/mol. The maximum atomic E-state index is 5.65. The summed E-state index contributed by atoms with van der Waals surface area (Å²) in [5.41, 5.74) is 13.5. The van der Waals surface area contributed by atoms with Gasteiger partial charge in [0.1, 0.15) is 0 Å². The summed E-state index contributed by atoms with van der Waals surface area (Å²) in [4.78, 5) is 5.65. The van der Waals surface area contributed by atoms with E-state index in [1.165, 1.54) is 54.7 Å². The zero-order valence-electron chi connectivity index (χ0n) is 29.5. The maximum Gasteiger partial charge on any atom is 0.0713 e. The molecule has 3 heterocycles. The van der Waals surface area contributed by atoms with E-state index in [-0.39, 0.29) is 5.92 Å². The van der Waals surface area contributed by atoms with Crippen molar-refractivity contribution in [3.8, 4) is 11.4 Å². The minimum Gasteiger partial charge on any atom is -0.309 e. The van der Waals surface area contributed by atoms with Crippen molar-refractivity contribution in [3.63, 3.8) is 0 Å². The molecule has 0 fully saturated rings. The molecule has 7 aromatic carbocycles. The molecule has 1 aliphatic rings. The van der Waals surface area contributed by atoms with Crippen molar-refractivity contribution >= 4 is 60.6 Å². The highest BCUT2D eigenvalue weighted by molar-refractivity contribution is 6.11. The second-order valence-electron chi connectivity index (χ2n) is 13.9. The fourth-order valence-corrected chi connectivity index (χ4v) is 8.30. The Kier molecular flexibility index (Phi) is 7.51. The second kappa shape index (κ2) is 12.8. The molecule has 2 aromatic heterocycles. The number of nitrogens with zero attached hydrogens (tertiary/aromatic N) is 3. The first kappa shape index (κ1) is 31.1. The van der Waals surface area contributed by atoms with Gasteiger partial charge in [0, 0.05) is 44.4 Å². The van der Waals surface area contributed by atoms with Crippen LogP contribution in [0, 0.1) is 5.92 Å². The van der Waals surface area contributed by atoms with E-state index in [1.807, 2.05) is 0 Å². The summed E-state index contributed by atoms with van der Waals surface area (Å²) in [5, 5.41) is 4.96. The largest absolute Gasteiger partial charge is 0.309 e. The standard InChI is InChI=1S/C50H37N3/c1-2-34-29-37(35-17-5-3-6-18-35)32-45(51-50(34)36-19-7-4-8-20-36)38-30-39(52-46-25-13-9-21-41(46)42-22-10-14-26-47(42)52)33-40(31-38)53-48-27-15-11-23-43(48)44-24-12-16-28-49(44)53/h3-34H,2H2,1H3. The van der Waals surface area contributed by atoms with Gasteiger partial charge in [0.05, 0.1) is 33.5 Å². The zero-order chi connectivity index (χ0) is 35.3. The van der Waals surface area contributed by atoms with E-state index in [2.05, 4.69) is 204 Å². The van der Waals surface area contributed by atoms with Crippen LogP contribution in [0.15, 0.2) is 193 Å². The molecule has 10 rings (SSSR count). The van der Waals surface area contributed by atoms with Crippen molar-refractivity contribution in [2.75, 3.05) is 0 Å². The molecule has 3 nitrogen and oxygen atoms in total. The van der Waals surface area contributed by atoms with Gasteiger partial charge < -0.3 is 9.13 Å². The summed E-state index contributed by atoms with van der Waals surface area (Å²) >= 11 is 0. The monoisotopic (exact) mass is 679 g/mol. The first-order chi connectivity index (χ1) is 26.2. The number of hydrogen-bond donors (Lipinski definition) is 0. The fraction of sp³-hybridized carbons (Fsp3) is 0.0600. The zero-order valence-corrected chi connectivity index (χ0v) is 29.5. The van der Waals surface area contributed by atoms with Crippen LogP contribution in [0.25, 0.3) is 66.3 Å². The normalized spacial score (nSPS) is 14.7. The summed E-state index contributed by atoms with van der Waals surface area (Å²) in [6, 6.07) is 63.5. The van der Waals surface area contributed by atoms with E-state index in [0.717, 1.165) is 40.3 Å². The quantitative estimate of drug-likeness (QED) is 0.167. The van der Waals surface area contributed by atoms with E-state index in [1.54, 1.807) is 0 Å². The average Bonchev–Trinajstić information content (AvgIpc) is 3.66. The minimum absolute atomic E-state index is 0.152. The second-order valence-corrected chi connectivity index (χ2v) is 13.9. The molecule has 0 N–H and O–H groups in total. The highest BCUT2D eigenvalue weighted by atomic mass is 15.0. The Morgan fingerprint density at radius 2 is 0.868 bits per heavy atom. The Labute approximate surface area is 309 Å². The smallest absolute Gasteiger partial charge is 0.0713 e. The molecule has 1 unspecified atom stereocenters. The van der Waals surface area contributed by atoms with Crippen molar-refractivity contribution in [3.05, 3.63) is 205 Å². The van der Waals surface area contributed by atoms with Gasteiger partial charge in [0.2, 0.25) is 0 Å². The van der Waals surface area contributed by atoms with Gasteiger partial charge >= 0.3 is 0 Å². The number of hydrogen-bond acceptors (Lipinski definition) is 1. The Bertz CT molecular complexity index is 2680. The molecule has 1 aliphatic heterocycles. The third-order valence-electron chi connectivity index (χ3n) is 10.8. The summed E-state index contributed by atoms with van der Waals surface area (Å²) in [6.45, 7) is 2.26. The molecule has 0 saturated carbocycles. The number of allylic oxidation sites excluding steroid dienone is 3. The number of para-hydroxylation sites is 4. The van der Waals surface area contributed by atoms with Crippen LogP contribution >= 0.6 is 0 Å². The van der Waals surface area contributed by atoms with E-state index in [4.69, 9.17) is 4.99 Å². The van der Waals surface area contributed by atoms with Crippen LogP contribution in [0.1, 0.15) is 30.0 Å². The van der Waals surface area contributed by atoms with Crippen LogP contribution in [0.3, 0.4) is 0 Å². The summed E-state index contributed by atoms with van der Waals surface area (Å²) in [7, 11) is 0. The number of rotatable bonds is 6. The van der Waals surface area contributed by atoms with Gasteiger partial charge in [-0.15, -0.1) is 0 Å². The number of aliphatic imine (C=N–C) groups is 1. The number of benzene rings is 7. The van der Waals surface area contributed by atoms with Gasteiger partial charge in [-0.05, 0) is 71.7 Å². The van der Waals surface area contributed by atoms with Crippen LogP contribution in [-0.2, 0) is 0 Å². The summed E-state index contributed by atoms with van der Waals surface area (Å²) < 4.78 is 4.85. The van der Waals surface area contributed by atoms with E-state index in [0.29, 0.717) is 0 Å².